The van der Waals surface area contributed by atoms with Gasteiger partial charge in [-0.3, -0.25) is 0 Å². The molecule has 4 heterocycles. The second kappa shape index (κ2) is 3.17. The summed E-state index contributed by atoms with van der Waals surface area (Å²) in [7, 11) is 2.24. The van der Waals surface area contributed by atoms with E-state index in [9.17, 15) is 0 Å². The number of likely N-dealkylation sites (N-methyl/N-ethyl adjacent to an activating group) is 1. The van der Waals surface area contributed by atoms with Gasteiger partial charge in [-0.25, -0.2) is 10.0 Å². The van der Waals surface area contributed by atoms with Crippen LogP contribution in [0.25, 0.3) is 0 Å². The summed E-state index contributed by atoms with van der Waals surface area (Å²) >= 11 is 0. The normalized spacial score (nSPS) is 47.6. The molecule has 4 heteroatoms. The lowest BCUT2D eigenvalue weighted by Gasteiger charge is -2.63. The van der Waals surface area contributed by atoms with Crippen LogP contribution in [0, 0.1) is 5.92 Å². The molecule has 0 aliphatic carbocycles. The van der Waals surface area contributed by atoms with E-state index in [1.165, 1.54) is 39.0 Å². The van der Waals surface area contributed by atoms with Crippen molar-refractivity contribution in [3.8, 4) is 0 Å². The van der Waals surface area contributed by atoms with Gasteiger partial charge in [0.1, 0.15) is 0 Å². The summed E-state index contributed by atoms with van der Waals surface area (Å²) in [5, 5.41) is 9.90. The van der Waals surface area contributed by atoms with Crippen LogP contribution in [0.1, 0.15) is 19.8 Å². The van der Waals surface area contributed by atoms with Gasteiger partial charge in [0.2, 0.25) is 0 Å². The zero-order valence-corrected chi connectivity index (χ0v) is 9.19. The minimum Gasteiger partial charge on any atom is -0.225 e. The molecular formula is C10H20N4. The number of piperidine rings is 1. The van der Waals surface area contributed by atoms with Gasteiger partial charge >= 0.3 is 0 Å². The molecule has 0 radical (unpaired) electrons. The molecule has 14 heavy (non-hydrogen) atoms. The van der Waals surface area contributed by atoms with Crippen LogP contribution in [-0.2, 0) is 0 Å². The summed E-state index contributed by atoms with van der Waals surface area (Å²) in [5.74, 6) is 0.915. The number of rotatable bonds is 2. The Morgan fingerprint density at radius 3 is 2.86 bits per heavy atom. The molecule has 4 atom stereocenters. The molecule has 4 bridgehead atoms. The first-order valence-electron chi connectivity index (χ1n) is 5.82. The predicted molar refractivity (Wildman–Crippen MR) is 54.9 cm³/mol. The Labute approximate surface area is 86.0 Å². The number of hydrazine groups is 3. The Morgan fingerprint density at radius 1 is 1.21 bits per heavy atom. The van der Waals surface area contributed by atoms with E-state index in [1.54, 1.807) is 0 Å². The molecule has 0 aromatic carbocycles. The van der Waals surface area contributed by atoms with E-state index in [0.29, 0.717) is 0 Å². The number of hydrogen-bond acceptors (Lipinski definition) is 4. The van der Waals surface area contributed by atoms with E-state index in [0.717, 1.165) is 12.0 Å². The van der Waals surface area contributed by atoms with Crippen LogP contribution in [0.3, 0.4) is 0 Å². The predicted octanol–water partition coefficient (Wildman–Crippen LogP) is 0.395. The van der Waals surface area contributed by atoms with Crippen LogP contribution < -0.4 is 0 Å². The SMILES string of the molecule is CCCN1N2CC3CC(C2)N(C)N1C3. The molecule has 80 valence electrons. The molecule has 4 rings (SSSR count). The average molecular weight is 196 g/mol. The molecule has 4 saturated heterocycles. The minimum absolute atomic E-state index is 0.774. The first kappa shape index (κ1) is 9.09. The zero-order valence-electron chi connectivity index (χ0n) is 9.19. The maximum Gasteiger partial charge on any atom is 0.0402 e. The van der Waals surface area contributed by atoms with Crippen molar-refractivity contribution in [2.24, 2.45) is 5.92 Å². The molecule has 0 amide bonds. The molecule has 4 unspecified atom stereocenters. The molecule has 0 spiro atoms. The van der Waals surface area contributed by atoms with Crippen LogP contribution in [-0.4, -0.2) is 59.5 Å². The molecule has 4 fully saturated rings. The van der Waals surface area contributed by atoms with Crippen molar-refractivity contribution >= 4 is 0 Å². The monoisotopic (exact) mass is 196 g/mol. The quantitative estimate of drug-likeness (QED) is 0.633. The lowest BCUT2D eigenvalue weighted by Crippen LogP contribution is -2.77. The van der Waals surface area contributed by atoms with Crippen LogP contribution in [0.5, 0.6) is 0 Å². The van der Waals surface area contributed by atoms with Crippen molar-refractivity contribution in [3.63, 3.8) is 0 Å². The van der Waals surface area contributed by atoms with Crippen molar-refractivity contribution in [3.05, 3.63) is 0 Å². The maximum atomic E-state index is 2.55. The van der Waals surface area contributed by atoms with Gasteiger partial charge in [0, 0.05) is 39.3 Å². The first-order chi connectivity index (χ1) is 6.79. The molecule has 4 aliphatic rings. The Hall–Kier alpha value is -0.160. The molecule has 0 aromatic heterocycles. The summed E-state index contributed by atoms with van der Waals surface area (Å²) in [6.45, 7) is 7.20. The Morgan fingerprint density at radius 2 is 2.07 bits per heavy atom. The van der Waals surface area contributed by atoms with Gasteiger partial charge in [0.15, 0.2) is 0 Å². The van der Waals surface area contributed by atoms with Gasteiger partial charge in [0.05, 0.1) is 0 Å². The van der Waals surface area contributed by atoms with Gasteiger partial charge in [-0.1, -0.05) is 6.92 Å². The summed E-state index contributed by atoms with van der Waals surface area (Å²) in [6, 6.07) is 0.774. The Bertz CT molecular complexity index is 232. The first-order valence-corrected chi connectivity index (χ1v) is 5.82. The van der Waals surface area contributed by atoms with E-state index in [-0.39, 0.29) is 0 Å². The van der Waals surface area contributed by atoms with Gasteiger partial charge in [-0.15, -0.1) is 0 Å². The van der Waals surface area contributed by atoms with Crippen LogP contribution in [0.2, 0.25) is 0 Å². The van der Waals surface area contributed by atoms with E-state index in [2.05, 4.69) is 34.2 Å². The van der Waals surface area contributed by atoms with Crippen LogP contribution in [0.15, 0.2) is 0 Å². The maximum absolute atomic E-state index is 2.55. The standard InChI is InChI=1S/C10H20N4/c1-3-4-13-12-6-9-5-10(8-12)11(2)14(13)7-9/h9-10H,3-8H2,1-2H3. The number of nitrogens with zero attached hydrogens (tertiary/aromatic N) is 4. The summed E-state index contributed by atoms with van der Waals surface area (Å²) in [6.07, 6.45) is 2.64. The third kappa shape index (κ3) is 1.15. The van der Waals surface area contributed by atoms with Crippen molar-refractivity contribution in [2.75, 3.05) is 33.2 Å². The molecule has 4 aliphatic heterocycles. The fourth-order valence-corrected chi connectivity index (χ4v) is 3.15. The smallest absolute Gasteiger partial charge is 0.0402 e. The largest absolute Gasteiger partial charge is 0.225 e. The lowest BCUT2D eigenvalue weighted by atomic mass is 9.91. The third-order valence-electron chi connectivity index (χ3n) is 3.83. The fraction of sp³-hybridized carbons (Fsp3) is 1.00. The van der Waals surface area contributed by atoms with E-state index in [4.69, 9.17) is 0 Å². The van der Waals surface area contributed by atoms with E-state index >= 15 is 0 Å². The van der Waals surface area contributed by atoms with Crippen molar-refractivity contribution in [1.29, 1.82) is 0 Å². The summed E-state index contributed by atoms with van der Waals surface area (Å²) < 4.78 is 0. The van der Waals surface area contributed by atoms with Crippen LogP contribution in [0.4, 0.5) is 0 Å². The average Bonchev–Trinajstić information content (AvgIpc) is 2.18. The second-order valence-electron chi connectivity index (χ2n) is 4.85. The fourth-order valence-electron chi connectivity index (χ4n) is 3.15. The summed E-state index contributed by atoms with van der Waals surface area (Å²) in [4.78, 5) is 0. The Balaban J connectivity index is 1.82. The molecule has 4 nitrogen and oxygen atoms in total. The van der Waals surface area contributed by atoms with Crippen molar-refractivity contribution in [1.82, 2.24) is 20.3 Å². The summed E-state index contributed by atoms with van der Waals surface area (Å²) in [5.41, 5.74) is 0. The van der Waals surface area contributed by atoms with E-state index in [1.807, 2.05) is 0 Å². The minimum atomic E-state index is 0.774. The van der Waals surface area contributed by atoms with Crippen LogP contribution >= 0.6 is 0 Å². The molecular weight excluding hydrogens is 176 g/mol. The second-order valence-corrected chi connectivity index (χ2v) is 4.85. The highest BCUT2D eigenvalue weighted by Crippen LogP contribution is 2.35. The highest BCUT2D eigenvalue weighted by Gasteiger charge is 2.47. The van der Waals surface area contributed by atoms with Crippen molar-refractivity contribution in [2.45, 2.75) is 25.8 Å². The highest BCUT2D eigenvalue weighted by atomic mass is 16.0. The molecule has 0 N–H and O–H groups in total. The van der Waals surface area contributed by atoms with Gasteiger partial charge < -0.3 is 0 Å². The Kier molecular flexibility index (Phi) is 2.06. The van der Waals surface area contributed by atoms with Crippen molar-refractivity contribution < 1.29 is 0 Å². The molecule has 0 saturated carbocycles. The topological polar surface area (TPSA) is 13.0 Å². The van der Waals surface area contributed by atoms with E-state index < -0.39 is 0 Å². The number of hydrogen-bond donors (Lipinski definition) is 0. The van der Waals surface area contributed by atoms with Gasteiger partial charge in [-0.05, 0) is 18.8 Å². The molecule has 0 aromatic rings. The zero-order chi connectivity index (χ0) is 9.71. The van der Waals surface area contributed by atoms with Gasteiger partial charge in [0.25, 0.3) is 0 Å². The third-order valence-corrected chi connectivity index (χ3v) is 3.83. The highest BCUT2D eigenvalue weighted by molar-refractivity contribution is 4.91. The lowest BCUT2D eigenvalue weighted by molar-refractivity contribution is -0.372. The van der Waals surface area contributed by atoms with Gasteiger partial charge in [-0.2, -0.15) is 10.2 Å².